The number of halogens is 2. The molecule has 0 spiro atoms. The van der Waals surface area contributed by atoms with E-state index in [0.717, 1.165) is 19.5 Å². The molecule has 0 radical (unpaired) electrons. The van der Waals surface area contributed by atoms with E-state index < -0.39 is 5.56 Å². The summed E-state index contributed by atoms with van der Waals surface area (Å²) >= 11 is 12.3. The molecule has 1 aromatic heterocycles. The largest absolute Gasteiger partial charge is 0.337 e. The smallest absolute Gasteiger partial charge is 0.263 e. The minimum Gasteiger partial charge on any atom is -0.337 e. The topological polar surface area (TPSA) is 69.3 Å². The summed E-state index contributed by atoms with van der Waals surface area (Å²) in [5.74, 6) is 0.0891. The van der Waals surface area contributed by atoms with Crippen LogP contribution < -0.4 is 5.56 Å². The van der Waals surface area contributed by atoms with E-state index in [1.165, 1.54) is 6.20 Å². The number of nitrogens with zero attached hydrogens (tertiary/aromatic N) is 3. The van der Waals surface area contributed by atoms with Crippen LogP contribution in [0.1, 0.15) is 28.2 Å². The molecule has 1 atom stereocenters. The van der Waals surface area contributed by atoms with Crippen molar-refractivity contribution in [1.82, 2.24) is 19.8 Å². The first-order valence-corrected chi connectivity index (χ1v) is 9.09. The zero-order valence-corrected chi connectivity index (χ0v) is 16.1. The van der Waals surface area contributed by atoms with Gasteiger partial charge in [0.2, 0.25) is 0 Å². The molecule has 6 nitrogen and oxygen atoms in total. The highest BCUT2D eigenvalue weighted by Gasteiger charge is 2.28. The van der Waals surface area contributed by atoms with Crippen LogP contribution in [0.5, 0.6) is 0 Å². The van der Waals surface area contributed by atoms with Crippen molar-refractivity contribution in [3.8, 4) is 0 Å². The van der Waals surface area contributed by atoms with Crippen LogP contribution in [0.3, 0.4) is 0 Å². The van der Waals surface area contributed by atoms with Crippen LogP contribution in [-0.4, -0.2) is 58.9 Å². The maximum atomic E-state index is 12.6. The number of hydrogen-bond acceptors (Lipinski definition) is 4. The van der Waals surface area contributed by atoms with Crippen molar-refractivity contribution in [2.24, 2.45) is 0 Å². The van der Waals surface area contributed by atoms with E-state index in [2.05, 4.69) is 14.9 Å². The monoisotopic (exact) mass is 394 g/mol. The number of likely N-dealkylation sites (N-methyl/N-ethyl adjacent to an activating group) is 2. The summed E-state index contributed by atoms with van der Waals surface area (Å²) in [5.41, 5.74) is 0.265. The molecule has 1 unspecified atom stereocenters. The second-order valence-electron chi connectivity index (χ2n) is 6.57. The summed E-state index contributed by atoms with van der Waals surface area (Å²) in [5, 5.41) is 1.01. The van der Waals surface area contributed by atoms with Gasteiger partial charge >= 0.3 is 0 Å². The predicted molar refractivity (Wildman–Crippen MR) is 102 cm³/mol. The molecule has 1 aliphatic rings. The lowest BCUT2D eigenvalue weighted by Crippen LogP contribution is -2.41. The Kier molecular flexibility index (Phi) is 5.65. The molecule has 1 aliphatic heterocycles. The van der Waals surface area contributed by atoms with Gasteiger partial charge in [-0.3, -0.25) is 9.59 Å². The van der Waals surface area contributed by atoms with Crippen LogP contribution in [0.25, 0.3) is 0 Å². The van der Waals surface area contributed by atoms with E-state index in [-0.39, 0.29) is 23.9 Å². The Hall–Kier alpha value is -1.89. The molecule has 1 fully saturated rings. The minimum absolute atomic E-state index is 0.0380. The number of carbonyl (C=O) groups is 1. The van der Waals surface area contributed by atoms with E-state index in [1.54, 1.807) is 30.1 Å². The quantitative estimate of drug-likeness (QED) is 0.864. The van der Waals surface area contributed by atoms with E-state index >= 15 is 0 Å². The number of H-pyrrole nitrogens is 1. The molecule has 0 saturated carbocycles. The molecule has 2 aromatic rings. The van der Waals surface area contributed by atoms with Crippen LogP contribution in [-0.2, 0) is 6.42 Å². The second-order valence-corrected chi connectivity index (χ2v) is 7.38. The maximum Gasteiger partial charge on any atom is 0.263 e. The number of aromatic amines is 1. The lowest BCUT2D eigenvalue weighted by molar-refractivity contribution is 0.0735. The molecule has 1 amide bonds. The molecule has 8 heteroatoms. The summed E-state index contributed by atoms with van der Waals surface area (Å²) in [6.07, 6.45) is 2.51. The molecule has 0 aliphatic carbocycles. The summed E-state index contributed by atoms with van der Waals surface area (Å²) in [6, 6.07) is 5.31. The van der Waals surface area contributed by atoms with Gasteiger partial charge in [-0.05, 0) is 37.7 Å². The Bertz CT molecular complexity index is 863. The number of carbonyl (C=O) groups excluding carboxylic acids is 1. The number of amides is 1. The number of hydrogen-bond donors (Lipinski definition) is 1. The maximum absolute atomic E-state index is 12.6. The van der Waals surface area contributed by atoms with Crippen LogP contribution in [0.4, 0.5) is 0 Å². The van der Waals surface area contributed by atoms with E-state index in [0.29, 0.717) is 21.4 Å². The van der Waals surface area contributed by atoms with Crippen LogP contribution in [0.15, 0.2) is 29.2 Å². The standard InChI is InChI=1S/C18H20Cl2N4O2/c1-23-7-6-11(10-23)24(2)18(26)13-9-21-16(22-17(13)25)8-12-14(19)4-3-5-15(12)20/h3-5,9,11H,6-8,10H2,1-2H3,(H,21,22,25). The predicted octanol–water partition coefficient (Wildman–Crippen LogP) is 2.44. The first-order valence-electron chi connectivity index (χ1n) is 8.33. The van der Waals surface area contributed by atoms with Crippen LogP contribution in [0.2, 0.25) is 10.0 Å². The van der Waals surface area contributed by atoms with Crippen molar-refractivity contribution in [3.63, 3.8) is 0 Å². The fourth-order valence-corrected chi connectivity index (χ4v) is 3.66. The molecular weight excluding hydrogens is 375 g/mol. The molecule has 1 aromatic carbocycles. The van der Waals surface area contributed by atoms with Gasteiger partial charge in [0.05, 0.1) is 0 Å². The fourth-order valence-electron chi connectivity index (χ4n) is 3.13. The SMILES string of the molecule is CN1CCC(N(C)C(=O)c2cnc(Cc3c(Cl)cccc3Cl)[nH]c2=O)C1. The number of nitrogens with one attached hydrogen (secondary N) is 1. The lowest BCUT2D eigenvalue weighted by atomic mass is 10.1. The molecule has 0 bridgehead atoms. The van der Waals surface area contributed by atoms with Gasteiger partial charge < -0.3 is 14.8 Å². The second kappa shape index (κ2) is 7.78. The molecule has 2 heterocycles. The Morgan fingerprint density at radius 2 is 2.08 bits per heavy atom. The highest BCUT2D eigenvalue weighted by Crippen LogP contribution is 2.25. The third-order valence-electron chi connectivity index (χ3n) is 4.72. The van der Waals surface area contributed by atoms with Crippen LogP contribution >= 0.6 is 23.2 Å². The highest BCUT2D eigenvalue weighted by molar-refractivity contribution is 6.36. The zero-order chi connectivity index (χ0) is 18.8. The third-order valence-corrected chi connectivity index (χ3v) is 5.43. The zero-order valence-electron chi connectivity index (χ0n) is 14.6. The number of aromatic nitrogens is 2. The number of rotatable bonds is 4. The van der Waals surface area contributed by atoms with Gasteiger partial charge in [-0.2, -0.15) is 0 Å². The van der Waals surface area contributed by atoms with Gasteiger partial charge in [0.25, 0.3) is 11.5 Å². The van der Waals surface area contributed by atoms with Gasteiger partial charge in [0.1, 0.15) is 11.4 Å². The molecule has 1 saturated heterocycles. The van der Waals surface area contributed by atoms with Crippen molar-refractivity contribution in [1.29, 1.82) is 0 Å². The Balaban J connectivity index is 1.79. The minimum atomic E-state index is -0.457. The van der Waals surface area contributed by atoms with E-state index in [1.807, 2.05) is 7.05 Å². The first-order chi connectivity index (χ1) is 12.4. The molecular formula is C18H20Cl2N4O2. The van der Waals surface area contributed by atoms with E-state index in [9.17, 15) is 9.59 Å². The van der Waals surface area contributed by atoms with E-state index in [4.69, 9.17) is 23.2 Å². The summed E-state index contributed by atoms with van der Waals surface area (Å²) in [7, 11) is 3.74. The van der Waals surface area contributed by atoms with Gasteiger partial charge in [0.15, 0.2) is 0 Å². The van der Waals surface area contributed by atoms with Crippen molar-refractivity contribution in [2.75, 3.05) is 27.2 Å². The third kappa shape index (κ3) is 3.92. The average molecular weight is 395 g/mol. The van der Waals surface area contributed by atoms with Gasteiger partial charge in [-0.15, -0.1) is 0 Å². The first kappa shape index (κ1) is 18.9. The van der Waals surface area contributed by atoms with Gasteiger partial charge in [0, 0.05) is 42.3 Å². The van der Waals surface area contributed by atoms with Gasteiger partial charge in [-0.1, -0.05) is 29.3 Å². The molecule has 1 N–H and O–H groups in total. The van der Waals surface area contributed by atoms with Crippen molar-refractivity contribution in [3.05, 3.63) is 61.7 Å². The molecule has 138 valence electrons. The number of benzene rings is 1. The summed E-state index contributed by atoms with van der Waals surface area (Å²) in [6.45, 7) is 1.74. The lowest BCUT2D eigenvalue weighted by Gasteiger charge is -2.24. The van der Waals surface area contributed by atoms with Crippen molar-refractivity contribution in [2.45, 2.75) is 18.9 Å². The Labute approximate surface area is 161 Å². The molecule has 26 heavy (non-hydrogen) atoms. The highest BCUT2D eigenvalue weighted by atomic mass is 35.5. The van der Waals surface area contributed by atoms with Crippen LogP contribution in [0, 0.1) is 0 Å². The number of likely N-dealkylation sites (tertiary alicyclic amines) is 1. The van der Waals surface area contributed by atoms with Gasteiger partial charge in [-0.25, -0.2) is 4.98 Å². The Morgan fingerprint density at radius 3 is 2.65 bits per heavy atom. The molecule has 3 rings (SSSR count). The van der Waals surface area contributed by atoms with Crippen molar-refractivity contribution >= 4 is 29.1 Å². The summed E-state index contributed by atoms with van der Waals surface area (Å²) in [4.78, 5) is 35.7. The fraction of sp³-hybridized carbons (Fsp3) is 0.389. The summed E-state index contributed by atoms with van der Waals surface area (Å²) < 4.78 is 0. The average Bonchev–Trinajstić information content (AvgIpc) is 3.03. The Morgan fingerprint density at radius 1 is 1.38 bits per heavy atom. The van der Waals surface area contributed by atoms with Crippen molar-refractivity contribution < 1.29 is 4.79 Å². The normalized spacial score (nSPS) is 17.5.